The molecule has 21 heavy (non-hydrogen) atoms. The van der Waals surface area contributed by atoms with Crippen LogP contribution in [0, 0.1) is 11.2 Å². The van der Waals surface area contributed by atoms with E-state index in [4.69, 9.17) is 15.9 Å². The lowest BCUT2D eigenvalue weighted by Gasteiger charge is -2.14. The number of rotatable bonds is 5. The summed E-state index contributed by atoms with van der Waals surface area (Å²) >= 11 is 0. The Morgan fingerprint density at radius 1 is 1.29 bits per heavy atom. The second-order valence-corrected chi connectivity index (χ2v) is 4.49. The molecule has 1 heterocycles. The minimum absolute atomic E-state index is 0.127. The summed E-state index contributed by atoms with van der Waals surface area (Å²) in [5.74, 6) is -0.131. The zero-order chi connectivity index (χ0) is 15.4. The normalized spacial score (nSPS) is 10.4. The Balaban J connectivity index is 2.50. The zero-order valence-electron chi connectivity index (χ0n) is 12.0. The highest BCUT2D eigenvalue weighted by atomic mass is 19.1. The molecule has 0 saturated heterocycles. The minimum atomic E-state index is -0.411. The van der Waals surface area contributed by atoms with E-state index in [0.717, 1.165) is 11.3 Å². The first kappa shape index (κ1) is 14.9. The van der Waals surface area contributed by atoms with Gasteiger partial charge in [0, 0.05) is 6.07 Å². The van der Waals surface area contributed by atoms with Gasteiger partial charge in [-0.1, -0.05) is 19.9 Å². The SMILES string of the molecule is CCc1nnc(Oc2cccc(F)c2)c(C(=N)N)c1CC. The van der Waals surface area contributed by atoms with Crippen LogP contribution in [0.2, 0.25) is 0 Å². The number of nitrogens with two attached hydrogens (primary N) is 1. The van der Waals surface area contributed by atoms with Crippen molar-refractivity contribution < 1.29 is 9.13 Å². The summed E-state index contributed by atoms with van der Waals surface area (Å²) in [4.78, 5) is 0. The molecule has 2 aromatic rings. The number of halogens is 1. The fourth-order valence-electron chi connectivity index (χ4n) is 2.15. The molecule has 0 fully saturated rings. The van der Waals surface area contributed by atoms with E-state index in [2.05, 4.69) is 10.2 Å². The van der Waals surface area contributed by atoms with Crippen molar-refractivity contribution in [2.24, 2.45) is 5.73 Å². The van der Waals surface area contributed by atoms with E-state index in [1.54, 1.807) is 6.07 Å². The summed E-state index contributed by atoms with van der Waals surface area (Å²) in [5.41, 5.74) is 7.71. The molecule has 0 saturated carbocycles. The van der Waals surface area contributed by atoms with Crippen molar-refractivity contribution in [3.8, 4) is 11.6 Å². The van der Waals surface area contributed by atoms with Crippen LogP contribution in [0.5, 0.6) is 11.6 Å². The molecule has 110 valence electrons. The molecule has 6 heteroatoms. The summed E-state index contributed by atoms with van der Waals surface area (Å²) in [7, 11) is 0. The molecule has 3 N–H and O–H groups in total. The number of ether oxygens (including phenoxy) is 1. The third-order valence-corrected chi connectivity index (χ3v) is 3.09. The van der Waals surface area contributed by atoms with Gasteiger partial charge >= 0.3 is 0 Å². The number of aryl methyl sites for hydroxylation is 1. The van der Waals surface area contributed by atoms with E-state index in [1.165, 1.54) is 18.2 Å². The van der Waals surface area contributed by atoms with Crippen molar-refractivity contribution >= 4 is 5.84 Å². The quantitative estimate of drug-likeness (QED) is 0.654. The topological polar surface area (TPSA) is 84.9 Å². The molecule has 0 aliphatic carbocycles. The molecule has 0 spiro atoms. The van der Waals surface area contributed by atoms with Crippen molar-refractivity contribution in [2.75, 3.05) is 0 Å². The highest BCUT2D eigenvalue weighted by molar-refractivity contribution is 5.98. The third-order valence-electron chi connectivity index (χ3n) is 3.09. The molecule has 0 amide bonds. The summed E-state index contributed by atoms with van der Waals surface area (Å²) in [6, 6.07) is 5.70. The summed E-state index contributed by atoms with van der Waals surface area (Å²) in [6.45, 7) is 3.91. The minimum Gasteiger partial charge on any atom is -0.437 e. The molecule has 0 radical (unpaired) electrons. The van der Waals surface area contributed by atoms with Gasteiger partial charge in [-0.05, 0) is 30.5 Å². The molecule has 1 aromatic carbocycles. The summed E-state index contributed by atoms with van der Waals surface area (Å²) in [5, 5.41) is 15.9. The Labute approximate surface area is 122 Å². The van der Waals surface area contributed by atoms with Gasteiger partial charge < -0.3 is 10.5 Å². The van der Waals surface area contributed by atoms with Crippen molar-refractivity contribution in [3.63, 3.8) is 0 Å². The molecule has 2 rings (SSSR count). The first-order chi connectivity index (χ1) is 10.1. The van der Waals surface area contributed by atoms with E-state index in [0.29, 0.717) is 18.4 Å². The average molecular weight is 288 g/mol. The average Bonchev–Trinajstić information content (AvgIpc) is 2.46. The Kier molecular flexibility index (Phi) is 4.47. The van der Waals surface area contributed by atoms with Gasteiger partial charge in [-0.15, -0.1) is 5.10 Å². The van der Waals surface area contributed by atoms with Gasteiger partial charge in [0.15, 0.2) is 0 Å². The second kappa shape index (κ2) is 6.30. The second-order valence-electron chi connectivity index (χ2n) is 4.49. The fraction of sp³-hybridized carbons (Fsp3) is 0.267. The molecular formula is C15H17FN4O. The van der Waals surface area contributed by atoms with Gasteiger partial charge in [-0.2, -0.15) is 5.10 Å². The van der Waals surface area contributed by atoms with Gasteiger partial charge in [0.2, 0.25) is 5.88 Å². The summed E-state index contributed by atoms with van der Waals surface area (Å²) in [6.07, 6.45) is 1.35. The van der Waals surface area contributed by atoms with Gasteiger partial charge in [-0.3, -0.25) is 5.41 Å². The van der Waals surface area contributed by atoms with Crippen LogP contribution in [0.25, 0.3) is 0 Å². The zero-order valence-corrected chi connectivity index (χ0v) is 12.0. The van der Waals surface area contributed by atoms with Crippen molar-refractivity contribution in [3.05, 3.63) is 46.9 Å². The lowest BCUT2D eigenvalue weighted by molar-refractivity contribution is 0.447. The number of amidine groups is 1. The number of benzene rings is 1. The van der Waals surface area contributed by atoms with Gasteiger partial charge in [0.25, 0.3) is 0 Å². The van der Waals surface area contributed by atoms with Crippen LogP contribution in [0.1, 0.15) is 30.7 Å². The highest BCUT2D eigenvalue weighted by Gasteiger charge is 2.18. The molecule has 0 unspecified atom stereocenters. The van der Waals surface area contributed by atoms with E-state index in [9.17, 15) is 4.39 Å². The maximum atomic E-state index is 13.2. The van der Waals surface area contributed by atoms with Crippen LogP contribution in [-0.4, -0.2) is 16.0 Å². The van der Waals surface area contributed by atoms with Crippen LogP contribution in [-0.2, 0) is 12.8 Å². The first-order valence-electron chi connectivity index (χ1n) is 6.73. The molecule has 1 aromatic heterocycles. The molecule has 0 atom stereocenters. The Morgan fingerprint density at radius 2 is 2.05 bits per heavy atom. The predicted octanol–water partition coefficient (Wildman–Crippen LogP) is 2.82. The largest absolute Gasteiger partial charge is 0.437 e. The predicted molar refractivity (Wildman–Crippen MR) is 78.3 cm³/mol. The standard InChI is InChI=1S/C15H17FN4O/c1-3-11-12(4-2)19-20-15(13(11)14(17)18)21-10-7-5-6-9(16)8-10/h5-8H,3-4H2,1-2H3,(H3,17,18). The molecular weight excluding hydrogens is 271 g/mol. The van der Waals surface area contributed by atoms with E-state index < -0.39 is 5.82 Å². The summed E-state index contributed by atoms with van der Waals surface area (Å²) < 4.78 is 18.8. The third kappa shape index (κ3) is 3.16. The van der Waals surface area contributed by atoms with Gasteiger partial charge in [-0.25, -0.2) is 4.39 Å². The van der Waals surface area contributed by atoms with Crippen LogP contribution < -0.4 is 10.5 Å². The molecule has 5 nitrogen and oxygen atoms in total. The van der Waals surface area contributed by atoms with Crippen LogP contribution in [0.4, 0.5) is 4.39 Å². The number of hydrogen-bond donors (Lipinski definition) is 2. The van der Waals surface area contributed by atoms with E-state index in [-0.39, 0.29) is 17.5 Å². The highest BCUT2D eigenvalue weighted by Crippen LogP contribution is 2.27. The lowest BCUT2D eigenvalue weighted by Crippen LogP contribution is -2.18. The number of nitrogen functional groups attached to an aromatic ring is 1. The van der Waals surface area contributed by atoms with Crippen LogP contribution >= 0.6 is 0 Å². The molecule has 0 aliphatic heterocycles. The van der Waals surface area contributed by atoms with Crippen LogP contribution in [0.3, 0.4) is 0 Å². The number of nitrogens with zero attached hydrogens (tertiary/aromatic N) is 2. The van der Waals surface area contributed by atoms with E-state index in [1.807, 2.05) is 13.8 Å². The molecule has 0 aliphatic rings. The fourth-order valence-corrected chi connectivity index (χ4v) is 2.15. The van der Waals surface area contributed by atoms with E-state index >= 15 is 0 Å². The monoisotopic (exact) mass is 288 g/mol. The van der Waals surface area contributed by atoms with Crippen molar-refractivity contribution in [1.29, 1.82) is 5.41 Å². The van der Waals surface area contributed by atoms with Crippen LogP contribution in [0.15, 0.2) is 24.3 Å². The Bertz CT molecular complexity index is 673. The van der Waals surface area contributed by atoms with Gasteiger partial charge in [0.05, 0.1) is 11.3 Å². The molecule has 0 bridgehead atoms. The number of aromatic nitrogens is 2. The Hall–Kier alpha value is -2.50. The smallest absolute Gasteiger partial charge is 0.250 e. The maximum Gasteiger partial charge on any atom is 0.250 e. The maximum absolute atomic E-state index is 13.2. The van der Waals surface area contributed by atoms with Crippen molar-refractivity contribution in [1.82, 2.24) is 10.2 Å². The lowest BCUT2D eigenvalue weighted by atomic mass is 10.0. The van der Waals surface area contributed by atoms with Crippen molar-refractivity contribution in [2.45, 2.75) is 26.7 Å². The number of hydrogen-bond acceptors (Lipinski definition) is 4. The number of nitrogens with one attached hydrogen (secondary N) is 1. The van der Waals surface area contributed by atoms with Gasteiger partial charge in [0.1, 0.15) is 17.4 Å². The first-order valence-corrected chi connectivity index (χ1v) is 6.73. The Morgan fingerprint density at radius 3 is 2.62 bits per heavy atom.